The number of pyridine rings is 1. The fourth-order valence-electron chi connectivity index (χ4n) is 2.24. The number of hydrogen-bond donors (Lipinski definition) is 0. The first-order chi connectivity index (χ1) is 9.56. The Kier molecular flexibility index (Phi) is 4.64. The minimum Gasteiger partial charge on any atom is -0.293 e. The van der Waals surface area contributed by atoms with E-state index in [1.165, 1.54) is 0 Å². The van der Waals surface area contributed by atoms with Crippen LogP contribution < -0.4 is 0 Å². The largest absolute Gasteiger partial charge is 0.293 e. The number of benzene rings is 1. The van der Waals surface area contributed by atoms with E-state index in [1.807, 2.05) is 68.3 Å². The van der Waals surface area contributed by atoms with Gasteiger partial charge in [-0.25, -0.2) is 0 Å². The SMILES string of the molecule is Cc1cccc(CN(C)CC(=O)c2ccccc2C)n1. The van der Waals surface area contributed by atoms with E-state index in [9.17, 15) is 4.79 Å². The highest BCUT2D eigenvalue weighted by atomic mass is 16.1. The Labute approximate surface area is 120 Å². The summed E-state index contributed by atoms with van der Waals surface area (Å²) >= 11 is 0. The number of aryl methyl sites for hydroxylation is 2. The van der Waals surface area contributed by atoms with Crippen LogP contribution in [0.4, 0.5) is 0 Å². The molecule has 0 unspecified atom stereocenters. The van der Waals surface area contributed by atoms with E-state index in [4.69, 9.17) is 0 Å². The molecule has 0 bridgehead atoms. The first-order valence-electron chi connectivity index (χ1n) is 6.76. The van der Waals surface area contributed by atoms with Gasteiger partial charge in [0.25, 0.3) is 0 Å². The normalized spacial score (nSPS) is 10.8. The molecule has 1 aromatic heterocycles. The molecule has 0 spiro atoms. The molecule has 2 aromatic rings. The fourth-order valence-corrected chi connectivity index (χ4v) is 2.24. The van der Waals surface area contributed by atoms with Crippen molar-refractivity contribution in [1.82, 2.24) is 9.88 Å². The maximum Gasteiger partial charge on any atom is 0.177 e. The molecule has 0 atom stereocenters. The third kappa shape index (κ3) is 3.75. The first kappa shape index (κ1) is 14.4. The smallest absolute Gasteiger partial charge is 0.177 e. The molecule has 0 amide bonds. The van der Waals surface area contributed by atoms with Gasteiger partial charge in [0.05, 0.1) is 12.2 Å². The van der Waals surface area contributed by atoms with Crippen molar-refractivity contribution in [2.45, 2.75) is 20.4 Å². The van der Waals surface area contributed by atoms with Gasteiger partial charge >= 0.3 is 0 Å². The van der Waals surface area contributed by atoms with Gasteiger partial charge in [-0.1, -0.05) is 30.3 Å². The molecule has 0 aliphatic heterocycles. The summed E-state index contributed by atoms with van der Waals surface area (Å²) in [6.45, 7) is 5.02. The second-order valence-electron chi connectivity index (χ2n) is 5.18. The third-order valence-electron chi connectivity index (χ3n) is 3.24. The van der Waals surface area contributed by atoms with Crippen molar-refractivity contribution in [3.05, 3.63) is 65.0 Å². The summed E-state index contributed by atoms with van der Waals surface area (Å²) in [4.78, 5) is 18.7. The topological polar surface area (TPSA) is 33.2 Å². The van der Waals surface area contributed by atoms with Crippen LogP contribution in [0.5, 0.6) is 0 Å². The Morgan fingerprint density at radius 2 is 1.85 bits per heavy atom. The summed E-state index contributed by atoms with van der Waals surface area (Å²) in [5.74, 6) is 0.151. The summed E-state index contributed by atoms with van der Waals surface area (Å²) in [5, 5.41) is 0. The second-order valence-corrected chi connectivity index (χ2v) is 5.18. The Balaban J connectivity index is 2.00. The molecule has 1 heterocycles. The average molecular weight is 268 g/mol. The van der Waals surface area contributed by atoms with Gasteiger partial charge in [-0.15, -0.1) is 0 Å². The van der Waals surface area contributed by atoms with Crippen LogP contribution in [0.25, 0.3) is 0 Å². The first-order valence-corrected chi connectivity index (χ1v) is 6.76. The van der Waals surface area contributed by atoms with E-state index in [-0.39, 0.29) is 5.78 Å². The molecule has 1 aromatic carbocycles. The van der Waals surface area contributed by atoms with Crippen LogP contribution in [0, 0.1) is 13.8 Å². The summed E-state index contributed by atoms with van der Waals surface area (Å²) in [6, 6.07) is 13.7. The van der Waals surface area contributed by atoms with E-state index in [2.05, 4.69) is 4.98 Å². The Hall–Kier alpha value is -2.00. The van der Waals surface area contributed by atoms with Crippen LogP contribution in [-0.4, -0.2) is 29.3 Å². The molecule has 0 saturated heterocycles. The predicted octanol–water partition coefficient (Wildman–Crippen LogP) is 3.01. The van der Waals surface area contributed by atoms with Gasteiger partial charge < -0.3 is 0 Å². The van der Waals surface area contributed by atoms with Crippen LogP contribution >= 0.6 is 0 Å². The predicted molar refractivity (Wildman–Crippen MR) is 80.8 cm³/mol. The Morgan fingerprint density at radius 3 is 2.55 bits per heavy atom. The molecule has 104 valence electrons. The Morgan fingerprint density at radius 1 is 1.10 bits per heavy atom. The number of ketones is 1. The van der Waals surface area contributed by atoms with Crippen molar-refractivity contribution in [1.29, 1.82) is 0 Å². The van der Waals surface area contributed by atoms with Crippen LogP contribution in [0.2, 0.25) is 0 Å². The summed E-state index contributed by atoms with van der Waals surface area (Å²) in [6.07, 6.45) is 0. The standard InChI is InChI=1S/C17H20N2O/c1-13-7-4-5-10-16(13)17(20)12-19(3)11-15-9-6-8-14(2)18-15/h4-10H,11-12H2,1-3H3. The molecule has 0 radical (unpaired) electrons. The molecule has 0 aliphatic rings. The van der Waals surface area contributed by atoms with Gasteiger partial charge in [0, 0.05) is 17.8 Å². The quantitative estimate of drug-likeness (QED) is 0.782. The lowest BCUT2D eigenvalue weighted by atomic mass is 10.0. The third-order valence-corrected chi connectivity index (χ3v) is 3.24. The number of carbonyl (C=O) groups excluding carboxylic acids is 1. The molecule has 0 N–H and O–H groups in total. The minimum atomic E-state index is 0.151. The second kappa shape index (κ2) is 6.44. The highest BCUT2D eigenvalue weighted by Crippen LogP contribution is 2.09. The number of hydrogen-bond acceptors (Lipinski definition) is 3. The van der Waals surface area contributed by atoms with Crippen molar-refractivity contribution in [2.24, 2.45) is 0 Å². The number of likely N-dealkylation sites (N-methyl/N-ethyl adjacent to an activating group) is 1. The highest BCUT2D eigenvalue weighted by Gasteiger charge is 2.11. The zero-order valence-electron chi connectivity index (χ0n) is 12.3. The molecule has 0 saturated carbocycles. The van der Waals surface area contributed by atoms with E-state index in [0.717, 1.165) is 22.5 Å². The molecule has 2 rings (SSSR count). The van der Waals surface area contributed by atoms with Crippen molar-refractivity contribution < 1.29 is 4.79 Å². The van der Waals surface area contributed by atoms with Crippen LogP contribution in [0.1, 0.15) is 27.3 Å². The van der Waals surface area contributed by atoms with Crippen molar-refractivity contribution >= 4 is 5.78 Å². The number of Topliss-reactive ketones (excluding diaryl/α,β-unsaturated/α-hetero) is 1. The van der Waals surface area contributed by atoms with E-state index < -0.39 is 0 Å². The van der Waals surface area contributed by atoms with E-state index >= 15 is 0 Å². The molecule has 3 nitrogen and oxygen atoms in total. The lowest BCUT2D eigenvalue weighted by molar-refractivity contribution is 0.0942. The van der Waals surface area contributed by atoms with Gasteiger partial charge in [0.1, 0.15) is 0 Å². The molecule has 3 heteroatoms. The summed E-state index contributed by atoms with van der Waals surface area (Å²) < 4.78 is 0. The van der Waals surface area contributed by atoms with Crippen molar-refractivity contribution in [3.8, 4) is 0 Å². The maximum absolute atomic E-state index is 12.3. The minimum absolute atomic E-state index is 0.151. The van der Waals surface area contributed by atoms with Gasteiger partial charge in [-0.05, 0) is 38.6 Å². The summed E-state index contributed by atoms with van der Waals surface area (Å²) in [5.41, 5.74) is 3.82. The molecular weight excluding hydrogens is 248 g/mol. The van der Waals surface area contributed by atoms with Crippen LogP contribution in [0.15, 0.2) is 42.5 Å². The van der Waals surface area contributed by atoms with E-state index in [0.29, 0.717) is 13.1 Å². The number of nitrogens with zero attached hydrogens (tertiary/aromatic N) is 2. The Bertz CT molecular complexity index is 607. The fraction of sp³-hybridized carbons (Fsp3) is 0.294. The number of aromatic nitrogens is 1. The maximum atomic E-state index is 12.3. The summed E-state index contributed by atoms with van der Waals surface area (Å²) in [7, 11) is 1.94. The molecular formula is C17H20N2O. The zero-order chi connectivity index (χ0) is 14.5. The van der Waals surface area contributed by atoms with Crippen molar-refractivity contribution in [3.63, 3.8) is 0 Å². The average Bonchev–Trinajstić information content (AvgIpc) is 2.38. The van der Waals surface area contributed by atoms with Gasteiger partial charge in [0.15, 0.2) is 5.78 Å². The highest BCUT2D eigenvalue weighted by molar-refractivity contribution is 5.98. The monoisotopic (exact) mass is 268 g/mol. The van der Waals surface area contributed by atoms with Crippen LogP contribution in [0.3, 0.4) is 0 Å². The number of carbonyl (C=O) groups is 1. The number of rotatable bonds is 5. The van der Waals surface area contributed by atoms with Crippen molar-refractivity contribution in [2.75, 3.05) is 13.6 Å². The van der Waals surface area contributed by atoms with Gasteiger partial charge in [-0.2, -0.15) is 0 Å². The van der Waals surface area contributed by atoms with Crippen LogP contribution in [-0.2, 0) is 6.54 Å². The lowest BCUT2D eigenvalue weighted by Crippen LogP contribution is -2.26. The zero-order valence-corrected chi connectivity index (χ0v) is 12.3. The molecule has 20 heavy (non-hydrogen) atoms. The van der Waals surface area contributed by atoms with E-state index in [1.54, 1.807) is 0 Å². The van der Waals surface area contributed by atoms with Gasteiger partial charge in [0.2, 0.25) is 0 Å². The molecule has 0 aliphatic carbocycles. The molecule has 0 fully saturated rings. The van der Waals surface area contributed by atoms with Gasteiger partial charge in [-0.3, -0.25) is 14.7 Å². The lowest BCUT2D eigenvalue weighted by Gasteiger charge is -2.16.